The fourth-order valence-corrected chi connectivity index (χ4v) is 3.54. The van der Waals surface area contributed by atoms with Gasteiger partial charge < -0.3 is 0 Å². The molecular weight excluding hydrogens is 380 g/mol. The number of fused-ring (bicyclic) bond motifs is 1. The molecule has 142 valence electrons. The lowest BCUT2D eigenvalue weighted by atomic mass is 9.95. The average molecular weight is 397 g/mol. The van der Waals surface area contributed by atoms with Crippen LogP contribution < -0.4 is 0 Å². The summed E-state index contributed by atoms with van der Waals surface area (Å²) < 4.78 is 29.0. The minimum absolute atomic E-state index is 0.167. The lowest BCUT2D eigenvalue weighted by molar-refractivity contribution is 0.557. The number of thioether (sulfide) groups is 1. The average Bonchev–Trinajstić information content (AvgIpc) is 3.11. The molecule has 0 unspecified atom stereocenters. The zero-order chi connectivity index (χ0) is 19.7. The number of rotatable bonds is 5. The molecule has 0 amide bonds. The lowest BCUT2D eigenvalue weighted by Crippen LogP contribution is -2.05. The van der Waals surface area contributed by atoms with Crippen LogP contribution in [0.25, 0.3) is 16.9 Å². The first-order chi connectivity index (χ1) is 13.5. The molecule has 8 heteroatoms. The van der Waals surface area contributed by atoms with Crippen molar-refractivity contribution in [2.45, 2.75) is 24.4 Å². The summed E-state index contributed by atoms with van der Waals surface area (Å²) in [4.78, 5) is 13.5. The molecule has 0 N–H and O–H groups in total. The monoisotopic (exact) mass is 397 g/mol. The van der Waals surface area contributed by atoms with Gasteiger partial charge in [-0.3, -0.25) is 0 Å². The zero-order valence-electron chi connectivity index (χ0n) is 15.3. The Hall–Kier alpha value is -2.87. The van der Waals surface area contributed by atoms with Crippen molar-refractivity contribution < 1.29 is 8.78 Å². The second-order valence-corrected chi connectivity index (χ2v) is 7.22. The molecule has 0 radical (unpaired) electrons. The van der Waals surface area contributed by atoms with Crippen LogP contribution in [0.4, 0.5) is 8.78 Å². The largest absolute Gasteiger partial charge is 0.236 e. The first kappa shape index (κ1) is 18.5. The molecule has 3 aromatic heterocycles. The first-order valence-electron chi connectivity index (χ1n) is 8.71. The second-order valence-electron chi connectivity index (χ2n) is 6.45. The van der Waals surface area contributed by atoms with Crippen LogP contribution in [-0.4, -0.2) is 30.8 Å². The maximum atomic E-state index is 14.1. The Balaban J connectivity index is 1.71. The van der Waals surface area contributed by atoms with Crippen molar-refractivity contribution >= 4 is 17.4 Å². The molecule has 1 atom stereocenters. The lowest BCUT2D eigenvalue weighted by Gasteiger charge is -2.14. The standard InChI is InChI=1S/C20H17F2N5S/c1-12(15-5-4-13(21)9-17(15)22)8-14-10-18(26-20(25-14)28-2)16-11-24-27-7-3-6-23-19(16)27/h3-7,9-12H,8H2,1-2H3/t12-/m1/s1. The SMILES string of the molecule is CSc1nc(C[C@@H](C)c2ccc(F)cc2F)cc(-c2cnn3cccnc23)n1. The fourth-order valence-electron chi connectivity index (χ4n) is 3.14. The van der Waals surface area contributed by atoms with Gasteiger partial charge in [0, 0.05) is 24.2 Å². The highest BCUT2D eigenvalue weighted by Crippen LogP contribution is 2.27. The highest BCUT2D eigenvalue weighted by molar-refractivity contribution is 7.98. The predicted octanol–water partition coefficient (Wildman–Crippen LogP) is 4.53. The summed E-state index contributed by atoms with van der Waals surface area (Å²) >= 11 is 1.43. The van der Waals surface area contributed by atoms with Crippen LogP contribution in [0.1, 0.15) is 24.1 Å². The second kappa shape index (κ2) is 7.63. The van der Waals surface area contributed by atoms with Gasteiger partial charge in [0.15, 0.2) is 10.8 Å². The van der Waals surface area contributed by atoms with Gasteiger partial charge in [-0.05, 0) is 42.4 Å². The molecule has 5 nitrogen and oxygen atoms in total. The van der Waals surface area contributed by atoms with E-state index in [1.807, 2.05) is 25.4 Å². The molecule has 0 aliphatic heterocycles. The predicted molar refractivity (Wildman–Crippen MR) is 104 cm³/mol. The molecule has 1 aromatic carbocycles. The number of halogens is 2. The summed E-state index contributed by atoms with van der Waals surface area (Å²) in [6.45, 7) is 1.90. The van der Waals surface area contributed by atoms with Crippen molar-refractivity contribution in [3.8, 4) is 11.3 Å². The van der Waals surface area contributed by atoms with Crippen molar-refractivity contribution in [1.29, 1.82) is 0 Å². The molecule has 0 fully saturated rings. The molecular formula is C20H17F2N5S. The van der Waals surface area contributed by atoms with Crippen molar-refractivity contribution in [3.63, 3.8) is 0 Å². The van der Waals surface area contributed by atoms with E-state index in [0.29, 0.717) is 22.8 Å². The van der Waals surface area contributed by atoms with Gasteiger partial charge in [-0.2, -0.15) is 5.10 Å². The van der Waals surface area contributed by atoms with E-state index >= 15 is 0 Å². The van der Waals surface area contributed by atoms with Gasteiger partial charge in [-0.15, -0.1) is 0 Å². The minimum Gasteiger partial charge on any atom is -0.236 e. The molecule has 4 aromatic rings. The van der Waals surface area contributed by atoms with E-state index in [2.05, 4.69) is 20.1 Å². The molecule has 4 rings (SSSR count). The topological polar surface area (TPSA) is 56.0 Å². The Bertz CT molecular complexity index is 1140. The van der Waals surface area contributed by atoms with Crippen LogP contribution in [0.15, 0.2) is 54.1 Å². The zero-order valence-corrected chi connectivity index (χ0v) is 16.1. The van der Waals surface area contributed by atoms with E-state index in [-0.39, 0.29) is 5.92 Å². The van der Waals surface area contributed by atoms with Crippen LogP contribution in [0.3, 0.4) is 0 Å². The Morgan fingerprint density at radius 3 is 2.82 bits per heavy atom. The van der Waals surface area contributed by atoms with Crippen molar-refractivity contribution in [2.24, 2.45) is 0 Å². The molecule has 0 saturated heterocycles. The third kappa shape index (κ3) is 3.60. The van der Waals surface area contributed by atoms with E-state index in [1.165, 1.54) is 23.9 Å². The first-order valence-corrected chi connectivity index (χ1v) is 9.93. The molecule has 0 spiro atoms. The Morgan fingerprint density at radius 2 is 2.04 bits per heavy atom. The van der Waals surface area contributed by atoms with Gasteiger partial charge in [-0.25, -0.2) is 28.2 Å². The van der Waals surface area contributed by atoms with Crippen LogP contribution in [0.5, 0.6) is 0 Å². The summed E-state index contributed by atoms with van der Waals surface area (Å²) in [5.74, 6) is -1.29. The maximum absolute atomic E-state index is 14.1. The normalized spacial score (nSPS) is 12.4. The number of hydrogen-bond donors (Lipinski definition) is 0. The van der Waals surface area contributed by atoms with Gasteiger partial charge in [-0.1, -0.05) is 24.8 Å². The smallest absolute Gasteiger partial charge is 0.188 e. The van der Waals surface area contributed by atoms with E-state index < -0.39 is 11.6 Å². The maximum Gasteiger partial charge on any atom is 0.188 e. The Kier molecular flexibility index (Phi) is 5.04. The Morgan fingerprint density at radius 1 is 1.18 bits per heavy atom. The molecule has 0 saturated carbocycles. The van der Waals surface area contributed by atoms with E-state index in [0.717, 1.165) is 23.0 Å². The Labute approximate surface area is 164 Å². The third-order valence-corrected chi connectivity index (χ3v) is 5.05. The minimum atomic E-state index is -0.581. The van der Waals surface area contributed by atoms with Gasteiger partial charge in [0.2, 0.25) is 0 Å². The number of benzene rings is 1. The van der Waals surface area contributed by atoms with Crippen molar-refractivity contribution in [1.82, 2.24) is 24.6 Å². The summed E-state index contributed by atoms with van der Waals surface area (Å²) in [6.07, 6.45) is 7.65. The van der Waals surface area contributed by atoms with E-state index in [4.69, 9.17) is 0 Å². The highest BCUT2D eigenvalue weighted by Gasteiger charge is 2.17. The van der Waals surface area contributed by atoms with Crippen LogP contribution in [0.2, 0.25) is 0 Å². The summed E-state index contributed by atoms with van der Waals surface area (Å²) in [5.41, 5.74) is 3.47. The van der Waals surface area contributed by atoms with E-state index in [1.54, 1.807) is 23.0 Å². The molecule has 3 heterocycles. The molecule has 0 aliphatic rings. The molecule has 28 heavy (non-hydrogen) atoms. The fraction of sp³-hybridized carbons (Fsp3) is 0.200. The van der Waals surface area contributed by atoms with Crippen LogP contribution in [-0.2, 0) is 6.42 Å². The molecule has 0 aliphatic carbocycles. The van der Waals surface area contributed by atoms with Crippen molar-refractivity contribution in [2.75, 3.05) is 6.26 Å². The van der Waals surface area contributed by atoms with Gasteiger partial charge in [0.25, 0.3) is 0 Å². The van der Waals surface area contributed by atoms with E-state index in [9.17, 15) is 8.78 Å². The number of hydrogen-bond acceptors (Lipinski definition) is 5. The third-order valence-electron chi connectivity index (χ3n) is 4.51. The van der Waals surface area contributed by atoms with Crippen LogP contribution in [0, 0.1) is 11.6 Å². The number of aromatic nitrogens is 5. The van der Waals surface area contributed by atoms with Crippen molar-refractivity contribution in [3.05, 3.63) is 71.8 Å². The summed E-state index contributed by atoms with van der Waals surface area (Å²) in [7, 11) is 0. The van der Waals surface area contributed by atoms with Gasteiger partial charge >= 0.3 is 0 Å². The number of nitrogens with zero attached hydrogens (tertiary/aromatic N) is 5. The molecule has 0 bridgehead atoms. The summed E-state index contributed by atoms with van der Waals surface area (Å²) in [6, 6.07) is 7.36. The van der Waals surface area contributed by atoms with Gasteiger partial charge in [0.05, 0.1) is 17.5 Å². The van der Waals surface area contributed by atoms with Crippen LogP contribution >= 0.6 is 11.8 Å². The highest BCUT2D eigenvalue weighted by atomic mass is 32.2. The quantitative estimate of drug-likeness (QED) is 0.366. The summed E-state index contributed by atoms with van der Waals surface area (Å²) in [5, 5.41) is 4.93. The van der Waals surface area contributed by atoms with Gasteiger partial charge in [0.1, 0.15) is 11.6 Å².